The van der Waals surface area contributed by atoms with Crippen LogP contribution in [-0.4, -0.2) is 86.1 Å². The van der Waals surface area contributed by atoms with Crippen molar-refractivity contribution < 1.29 is 19.4 Å². The van der Waals surface area contributed by atoms with Crippen molar-refractivity contribution in [1.29, 1.82) is 0 Å². The van der Waals surface area contributed by atoms with Crippen LogP contribution in [0.25, 0.3) is 22.4 Å². The fourth-order valence-corrected chi connectivity index (χ4v) is 5.32. The lowest BCUT2D eigenvalue weighted by Gasteiger charge is -2.32. The summed E-state index contributed by atoms with van der Waals surface area (Å²) in [5.74, 6) is 1.36. The SMILES string of the molecule is Cc1ccncc1C(=O)N1CCC(n2ncc3c(N4CCOCC4)nc(-c4ccc(NC(=O)O)cc4)nc32)CC1. The first kappa shape index (κ1) is 25.7. The predicted molar refractivity (Wildman–Crippen MR) is 149 cm³/mol. The van der Waals surface area contributed by atoms with E-state index in [0.717, 1.165) is 40.8 Å². The van der Waals surface area contributed by atoms with Crippen molar-refractivity contribution in [3.8, 4) is 11.4 Å². The Morgan fingerprint density at radius 3 is 2.45 bits per heavy atom. The van der Waals surface area contributed by atoms with Crippen LogP contribution in [0.3, 0.4) is 0 Å². The van der Waals surface area contributed by atoms with Crippen molar-refractivity contribution in [2.45, 2.75) is 25.8 Å². The number of carboxylic acid groups (broad SMARTS) is 1. The third-order valence-electron chi connectivity index (χ3n) is 7.51. The van der Waals surface area contributed by atoms with Crippen LogP contribution in [0.4, 0.5) is 16.3 Å². The number of piperidine rings is 1. The van der Waals surface area contributed by atoms with Crippen LogP contribution >= 0.6 is 0 Å². The Kier molecular flexibility index (Phi) is 6.99. The zero-order valence-corrected chi connectivity index (χ0v) is 22.2. The van der Waals surface area contributed by atoms with Crippen molar-refractivity contribution in [3.05, 3.63) is 60.0 Å². The zero-order chi connectivity index (χ0) is 27.6. The maximum atomic E-state index is 13.1. The molecule has 2 amide bonds. The number of ether oxygens (including phenoxy) is 1. The number of carbonyl (C=O) groups is 2. The number of anilines is 2. The molecule has 5 heterocycles. The van der Waals surface area contributed by atoms with Crippen LogP contribution < -0.4 is 10.2 Å². The molecule has 12 nitrogen and oxygen atoms in total. The molecule has 2 fully saturated rings. The Labute approximate surface area is 230 Å². The number of aryl methyl sites for hydroxylation is 1. The van der Waals surface area contributed by atoms with Gasteiger partial charge in [0.1, 0.15) is 5.82 Å². The topological polar surface area (TPSA) is 139 Å². The molecule has 0 radical (unpaired) electrons. The molecule has 0 aliphatic carbocycles. The molecule has 3 aromatic heterocycles. The fraction of sp³-hybridized carbons (Fsp3) is 0.357. The van der Waals surface area contributed by atoms with Gasteiger partial charge in [-0.1, -0.05) is 0 Å². The van der Waals surface area contributed by atoms with Crippen molar-refractivity contribution >= 4 is 34.5 Å². The van der Waals surface area contributed by atoms with E-state index in [-0.39, 0.29) is 11.9 Å². The van der Waals surface area contributed by atoms with Crippen molar-refractivity contribution in [2.75, 3.05) is 49.6 Å². The van der Waals surface area contributed by atoms with Gasteiger partial charge in [0.05, 0.1) is 36.4 Å². The van der Waals surface area contributed by atoms with Gasteiger partial charge in [0.2, 0.25) is 0 Å². The standard InChI is InChI=1S/C28H30N8O4/c1-18-6-9-29-16-22(18)27(37)35-10-7-21(8-11-35)36-26-23(17-30-36)25(34-12-14-40-15-13-34)32-24(33-26)19-2-4-20(5-3-19)31-28(38)39/h2-6,9,16-17,21,31H,7-8,10-15H2,1H3,(H,38,39). The second-order valence-electron chi connectivity index (χ2n) is 10.0. The number of nitrogens with one attached hydrogen (secondary N) is 1. The number of hydrogen-bond donors (Lipinski definition) is 2. The number of morpholine rings is 1. The normalized spacial score (nSPS) is 16.3. The van der Waals surface area contributed by atoms with E-state index >= 15 is 0 Å². The first-order chi connectivity index (χ1) is 19.5. The summed E-state index contributed by atoms with van der Waals surface area (Å²) in [6, 6.07) is 8.94. The Balaban J connectivity index is 1.30. The third-order valence-corrected chi connectivity index (χ3v) is 7.51. The predicted octanol–water partition coefficient (Wildman–Crippen LogP) is 3.60. The Morgan fingerprint density at radius 2 is 1.75 bits per heavy atom. The smallest absolute Gasteiger partial charge is 0.409 e. The fourth-order valence-electron chi connectivity index (χ4n) is 5.32. The summed E-state index contributed by atoms with van der Waals surface area (Å²) < 4.78 is 7.54. The van der Waals surface area contributed by atoms with Crippen LogP contribution in [0.5, 0.6) is 0 Å². The van der Waals surface area contributed by atoms with E-state index in [1.807, 2.05) is 28.8 Å². The molecule has 0 saturated carbocycles. The van der Waals surface area contributed by atoms with Crippen LogP contribution in [0.1, 0.15) is 34.8 Å². The number of aromatic nitrogens is 5. The molecule has 2 N–H and O–H groups in total. The average Bonchev–Trinajstić information content (AvgIpc) is 3.41. The van der Waals surface area contributed by atoms with Crippen molar-refractivity contribution in [1.82, 2.24) is 29.6 Å². The number of rotatable bonds is 5. The monoisotopic (exact) mass is 542 g/mol. The molecule has 2 aliphatic heterocycles. The number of amides is 2. The molecular formula is C28H30N8O4. The second-order valence-corrected chi connectivity index (χ2v) is 10.0. The highest BCUT2D eigenvalue weighted by molar-refractivity contribution is 5.95. The number of fused-ring (bicyclic) bond motifs is 1. The van der Waals surface area contributed by atoms with E-state index < -0.39 is 6.09 Å². The average molecular weight is 543 g/mol. The number of hydrogen-bond acceptors (Lipinski definition) is 8. The molecular weight excluding hydrogens is 512 g/mol. The highest BCUT2D eigenvalue weighted by Gasteiger charge is 2.28. The van der Waals surface area contributed by atoms with E-state index in [1.165, 1.54) is 0 Å². The summed E-state index contributed by atoms with van der Waals surface area (Å²) in [4.78, 5) is 42.2. The van der Waals surface area contributed by atoms with Gasteiger partial charge < -0.3 is 19.6 Å². The molecule has 40 heavy (non-hydrogen) atoms. The van der Waals surface area contributed by atoms with Gasteiger partial charge in [0, 0.05) is 49.8 Å². The first-order valence-electron chi connectivity index (χ1n) is 13.4. The summed E-state index contributed by atoms with van der Waals surface area (Å²) in [5.41, 5.74) is 3.55. The van der Waals surface area contributed by atoms with Gasteiger partial charge in [0.15, 0.2) is 11.5 Å². The van der Waals surface area contributed by atoms with Gasteiger partial charge in [-0.2, -0.15) is 5.10 Å². The Hall–Kier alpha value is -4.58. The lowest BCUT2D eigenvalue weighted by molar-refractivity contribution is 0.0690. The number of benzene rings is 1. The van der Waals surface area contributed by atoms with Gasteiger partial charge in [-0.05, 0) is 55.7 Å². The van der Waals surface area contributed by atoms with Crippen LogP contribution in [0, 0.1) is 6.92 Å². The molecule has 4 aromatic rings. The maximum Gasteiger partial charge on any atom is 0.409 e. The first-order valence-corrected chi connectivity index (χ1v) is 13.4. The third kappa shape index (κ3) is 5.05. The number of likely N-dealkylation sites (tertiary alicyclic amines) is 1. The lowest BCUT2D eigenvalue weighted by Crippen LogP contribution is -2.39. The van der Waals surface area contributed by atoms with Crippen LogP contribution in [0.2, 0.25) is 0 Å². The highest BCUT2D eigenvalue weighted by Crippen LogP contribution is 2.32. The Morgan fingerprint density at radius 1 is 1.00 bits per heavy atom. The molecule has 12 heteroatoms. The van der Waals surface area contributed by atoms with Gasteiger partial charge in [-0.3, -0.25) is 15.1 Å². The maximum absolute atomic E-state index is 13.1. The molecule has 2 saturated heterocycles. The minimum absolute atomic E-state index is 0.00872. The van der Waals surface area contributed by atoms with Crippen LogP contribution in [-0.2, 0) is 4.74 Å². The largest absolute Gasteiger partial charge is 0.465 e. The molecule has 0 atom stereocenters. The number of pyridine rings is 1. The van der Waals surface area contributed by atoms with Gasteiger partial charge in [0.25, 0.3) is 5.91 Å². The quantitative estimate of drug-likeness (QED) is 0.387. The zero-order valence-electron chi connectivity index (χ0n) is 22.2. The van der Waals surface area contributed by atoms with Crippen LogP contribution in [0.15, 0.2) is 48.9 Å². The van der Waals surface area contributed by atoms with E-state index in [2.05, 4.69) is 15.2 Å². The summed E-state index contributed by atoms with van der Waals surface area (Å²) in [5, 5.41) is 17.0. The van der Waals surface area contributed by atoms with E-state index in [9.17, 15) is 9.59 Å². The molecule has 0 spiro atoms. The van der Waals surface area contributed by atoms with Gasteiger partial charge in [-0.25, -0.2) is 19.4 Å². The minimum Gasteiger partial charge on any atom is -0.465 e. The highest BCUT2D eigenvalue weighted by atomic mass is 16.5. The molecule has 2 aliphatic rings. The van der Waals surface area contributed by atoms with Crippen molar-refractivity contribution in [3.63, 3.8) is 0 Å². The summed E-state index contributed by atoms with van der Waals surface area (Å²) in [6.07, 6.45) is 5.56. The molecule has 0 bridgehead atoms. The summed E-state index contributed by atoms with van der Waals surface area (Å²) >= 11 is 0. The van der Waals surface area contributed by atoms with Gasteiger partial charge >= 0.3 is 6.09 Å². The lowest BCUT2D eigenvalue weighted by atomic mass is 10.0. The minimum atomic E-state index is -1.12. The summed E-state index contributed by atoms with van der Waals surface area (Å²) in [7, 11) is 0. The number of carbonyl (C=O) groups excluding carboxylic acids is 1. The Bertz CT molecular complexity index is 1540. The van der Waals surface area contributed by atoms with E-state index in [4.69, 9.17) is 24.9 Å². The molecule has 206 valence electrons. The van der Waals surface area contributed by atoms with Crippen molar-refractivity contribution in [2.24, 2.45) is 0 Å². The molecule has 1 aromatic carbocycles. The second kappa shape index (κ2) is 10.9. The van der Waals surface area contributed by atoms with E-state index in [1.54, 1.807) is 36.7 Å². The number of nitrogens with zero attached hydrogens (tertiary/aromatic N) is 7. The van der Waals surface area contributed by atoms with E-state index in [0.29, 0.717) is 56.5 Å². The summed E-state index contributed by atoms with van der Waals surface area (Å²) in [6.45, 7) is 5.83. The van der Waals surface area contributed by atoms with Gasteiger partial charge in [-0.15, -0.1) is 0 Å². The molecule has 6 rings (SSSR count). The molecule has 0 unspecified atom stereocenters.